The van der Waals surface area contributed by atoms with E-state index >= 15 is 0 Å². The first-order valence-corrected chi connectivity index (χ1v) is 16.2. The average molecular weight is 741 g/mol. The maximum atomic E-state index is 14.0. The van der Waals surface area contributed by atoms with E-state index in [1.807, 2.05) is 0 Å². The van der Waals surface area contributed by atoms with E-state index in [4.69, 9.17) is 32.8 Å². The molecule has 2 aromatic carbocycles. The number of aliphatic hydroxyl groups is 9. The molecule has 1 aromatic heterocycles. The Bertz CT molecular complexity index is 1770. The van der Waals surface area contributed by atoms with Crippen LogP contribution in [0, 0.1) is 0 Å². The molecule has 0 radical (unpaired) electrons. The third kappa shape index (κ3) is 7.16. The Morgan fingerprint density at radius 1 is 0.635 bits per heavy atom. The fraction of sp³-hybridized carbons (Fsp3) is 0.545. The molecule has 0 saturated carbocycles. The quantitative estimate of drug-likeness (QED) is 0.110. The van der Waals surface area contributed by atoms with Crippen molar-refractivity contribution in [2.45, 2.75) is 106 Å². The lowest BCUT2D eigenvalue weighted by Gasteiger charge is -2.42. The molecule has 0 unspecified atom stereocenters. The lowest BCUT2D eigenvalue weighted by molar-refractivity contribution is -0.318. The summed E-state index contributed by atoms with van der Waals surface area (Å²) in [7, 11) is 0. The van der Waals surface area contributed by atoms with Gasteiger partial charge in [-0.05, 0) is 38.1 Å². The van der Waals surface area contributed by atoms with E-state index in [1.54, 1.807) is 0 Å². The Kier molecular flexibility index (Phi) is 11.0. The van der Waals surface area contributed by atoms with Crippen molar-refractivity contribution in [2.75, 3.05) is 6.61 Å². The van der Waals surface area contributed by atoms with Gasteiger partial charge in [0.05, 0.1) is 18.8 Å². The van der Waals surface area contributed by atoms with Crippen molar-refractivity contribution in [1.29, 1.82) is 0 Å². The molecule has 3 aromatic rings. The molecule has 52 heavy (non-hydrogen) atoms. The Hall–Kier alpha value is -3.67. The van der Waals surface area contributed by atoms with Crippen LogP contribution in [0.15, 0.2) is 45.6 Å². The molecule has 0 spiro atoms. The lowest BCUT2D eigenvalue weighted by Crippen LogP contribution is -2.61. The molecule has 286 valence electrons. The van der Waals surface area contributed by atoms with E-state index in [2.05, 4.69) is 0 Å². The van der Waals surface area contributed by atoms with Gasteiger partial charge in [0.25, 0.3) is 0 Å². The van der Waals surface area contributed by atoms with E-state index in [-0.39, 0.29) is 28.4 Å². The summed E-state index contributed by atoms with van der Waals surface area (Å²) in [6.07, 6.45) is -23.5. The number of benzene rings is 2. The summed E-state index contributed by atoms with van der Waals surface area (Å²) in [4.78, 5) is 14.0. The SMILES string of the molecule is C[C@H]1O[C@@H](OC[C@@H]2O[C@H](Oc3c(-c4ccc(O)cc4)oc4cc(O[C@@H]5O[C@H](C)[C@@H](O)[C@H](O)[C@@H]5O)cc(O)c4c3=O)[C@@H](O)[C@H](O)[C@H]2O)[C@H](O)[C@@H](O)[C@H]1O. The van der Waals surface area contributed by atoms with Gasteiger partial charge in [-0.2, -0.15) is 0 Å². The second-order valence-corrected chi connectivity index (χ2v) is 12.9. The van der Waals surface area contributed by atoms with Gasteiger partial charge in [0.2, 0.25) is 23.8 Å². The molecule has 3 fully saturated rings. The minimum atomic E-state index is -1.98. The highest BCUT2D eigenvalue weighted by Gasteiger charge is 2.48. The van der Waals surface area contributed by atoms with E-state index in [0.29, 0.717) is 0 Å². The number of hydrogen-bond acceptors (Lipinski definition) is 19. The van der Waals surface area contributed by atoms with E-state index in [9.17, 15) is 61.0 Å². The van der Waals surface area contributed by atoms with Crippen LogP contribution < -0.4 is 14.9 Å². The van der Waals surface area contributed by atoms with Gasteiger partial charge in [-0.3, -0.25) is 4.79 Å². The van der Waals surface area contributed by atoms with Crippen LogP contribution in [0.25, 0.3) is 22.3 Å². The van der Waals surface area contributed by atoms with Crippen LogP contribution >= 0.6 is 0 Å². The third-order valence-corrected chi connectivity index (χ3v) is 9.23. The fourth-order valence-corrected chi connectivity index (χ4v) is 6.09. The van der Waals surface area contributed by atoms with Crippen LogP contribution in [0.1, 0.15) is 13.8 Å². The first-order chi connectivity index (χ1) is 24.6. The Balaban J connectivity index is 1.32. The maximum Gasteiger partial charge on any atom is 0.239 e. The van der Waals surface area contributed by atoms with Crippen molar-refractivity contribution in [2.24, 2.45) is 0 Å². The zero-order valence-corrected chi connectivity index (χ0v) is 27.5. The summed E-state index contributed by atoms with van der Waals surface area (Å²) in [5.41, 5.74) is -1.16. The predicted molar refractivity (Wildman–Crippen MR) is 170 cm³/mol. The molecule has 3 saturated heterocycles. The van der Waals surface area contributed by atoms with Gasteiger partial charge in [0.15, 0.2) is 12.1 Å². The van der Waals surface area contributed by atoms with Gasteiger partial charge in [0, 0.05) is 17.7 Å². The van der Waals surface area contributed by atoms with Crippen LogP contribution in [0.2, 0.25) is 0 Å². The van der Waals surface area contributed by atoms with Gasteiger partial charge < -0.3 is 89.0 Å². The normalized spacial score (nSPS) is 38.2. The summed E-state index contributed by atoms with van der Waals surface area (Å²) < 4.78 is 39.5. The smallest absolute Gasteiger partial charge is 0.239 e. The zero-order chi connectivity index (χ0) is 37.8. The number of phenols is 2. The molecule has 0 bridgehead atoms. The molecule has 3 aliphatic rings. The van der Waals surface area contributed by atoms with Crippen molar-refractivity contribution in [3.05, 3.63) is 46.6 Å². The third-order valence-electron chi connectivity index (χ3n) is 9.23. The van der Waals surface area contributed by atoms with Crippen LogP contribution in [0.5, 0.6) is 23.0 Å². The molecule has 0 amide bonds. The molecule has 6 rings (SSSR count). The number of fused-ring (bicyclic) bond motifs is 1. The molecule has 11 N–H and O–H groups in total. The Morgan fingerprint density at radius 2 is 1.17 bits per heavy atom. The van der Waals surface area contributed by atoms with Gasteiger partial charge in [-0.1, -0.05) is 0 Å². The summed E-state index contributed by atoms with van der Waals surface area (Å²) in [6.45, 7) is 2.25. The second kappa shape index (κ2) is 15.0. The molecule has 0 aliphatic carbocycles. The minimum Gasteiger partial charge on any atom is -0.508 e. The molecule has 4 heterocycles. The van der Waals surface area contributed by atoms with Crippen molar-refractivity contribution < 1.29 is 89.0 Å². The number of aliphatic hydroxyl groups excluding tert-OH is 9. The number of hydrogen-bond donors (Lipinski definition) is 11. The average Bonchev–Trinajstić information content (AvgIpc) is 3.11. The minimum absolute atomic E-state index is 0.138. The van der Waals surface area contributed by atoms with Gasteiger partial charge in [0.1, 0.15) is 89.3 Å². The van der Waals surface area contributed by atoms with Gasteiger partial charge >= 0.3 is 0 Å². The van der Waals surface area contributed by atoms with Crippen LogP contribution in [-0.2, 0) is 18.9 Å². The van der Waals surface area contributed by atoms with Gasteiger partial charge in [-0.15, -0.1) is 0 Å². The van der Waals surface area contributed by atoms with Crippen LogP contribution in [-0.4, -0.2) is 155 Å². The number of ether oxygens (including phenoxy) is 6. The molecular weight excluding hydrogens is 700 g/mol. The highest BCUT2D eigenvalue weighted by Crippen LogP contribution is 2.38. The van der Waals surface area contributed by atoms with E-state index in [0.717, 1.165) is 6.07 Å². The molecular formula is C33H40O19. The first kappa shape index (κ1) is 38.1. The zero-order valence-electron chi connectivity index (χ0n) is 27.5. The predicted octanol–water partition coefficient (Wildman–Crippen LogP) is -2.89. The van der Waals surface area contributed by atoms with E-state index in [1.165, 1.54) is 44.2 Å². The summed E-state index contributed by atoms with van der Waals surface area (Å²) in [5.74, 6) is -2.01. The van der Waals surface area contributed by atoms with Crippen molar-refractivity contribution in [3.8, 4) is 34.3 Å². The van der Waals surface area contributed by atoms with Crippen LogP contribution in [0.3, 0.4) is 0 Å². The largest absolute Gasteiger partial charge is 0.508 e. The second-order valence-electron chi connectivity index (χ2n) is 12.9. The maximum absolute atomic E-state index is 14.0. The summed E-state index contributed by atoms with van der Waals surface area (Å²) in [6, 6.07) is 7.38. The molecule has 15 atom stereocenters. The monoisotopic (exact) mass is 740 g/mol. The fourth-order valence-electron chi connectivity index (χ4n) is 6.09. The van der Waals surface area contributed by atoms with Crippen molar-refractivity contribution >= 4 is 11.0 Å². The highest BCUT2D eigenvalue weighted by molar-refractivity contribution is 5.88. The van der Waals surface area contributed by atoms with Crippen molar-refractivity contribution in [1.82, 2.24) is 0 Å². The lowest BCUT2D eigenvalue weighted by atomic mass is 9.98. The number of aromatic hydroxyl groups is 2. The summed E-state index contributed by atoms with van der Waals surface area (Å²) in [5, 5.41) is 114. The van der Waals surface area contributed by atoms with E-state index < -0.39 is 121 Å². The Labute approximate surface area is 293 Å². The Morgan fingerprint density at radius 3 is 1.79 bits per heavy atom. The standard InChI is InChI=1S/C33H40O19/c1-10-19(36)23(40)26(43)31(47-10)46-9-17-21(38)25(42)28(45)33(51-17)52-30-22(39)18-15(35)7-14(49-32-27(44)24(41)20(37)11(2)48-32)8-16(18)50-29(30)12-3-5-13(34)6-4-12/h3-8,10-11,17,19-21,23-28,31-38,40-45H,9H2,1-2H3/t10-,11-,17+,19+,20-,21+,23+,24+,25-,26-,27+,28+,31-,32+,33-/m1/s1. The molecule has 19 heteroatoms. The first-order valence-electron chi connectivity index (χ1n) is 16.2. The molecule has 3 aliphatic heterocycles. The van der Waals surface area contributed by atoms with Crippen molar-refractivity contribution in [3.63, 3.8) is 0 Å². The number of phenolic OH excluding ortho intramolecular Hbond substituents is 2. The topological polar surface area (TPSA) is 308 Å². The van der Waals surface area contributed by atoms with Crippen LogP contribution in [0.4, 0.5) is 0 Å². The number of rotatable bonds is 8. The molecule has 19 nitrogen and oxygen atoms in total. The van der Waals surface area contributed by atoms with Gasteiger partial charge in [-0.25, -0.2) is 0 Å². The highest BCUT2D eigenvalue weighted by atomic mass is 16.7. The summed E-state index contributed by atoms with van der Waals surface area (Å²) >= 11 is 0.